The molecule has 1 fully saturated rings. The minimum Gasteiger partial charge on any atom is -0.357 e. The van der Waals surface area contributed by atoms with Gasteiger partial charge < -0.3 is 10.1 Å². The van der Waals surface area contributed by atoms with Gasteiger partial charge in [-0.15, -0.1) is 0 Å². The van der Waals surface area contributed by atoms with Gasteiger partial charge >= 0.3 is 0 Å². The fraction of sp³-hybridized carbons (Fsp3) is 0.240. The van der Waals surface area contributed by atoms with Gasteiger partial charge in [0.2, 0.25) is 5.91 Å². The van der Waals surface area contributed by atoms with E-state index < -0.39 is 0 Å². The Morgan fingerprint density at radius 2 is 1.45 bits per heavy atom. The minimum absolute atomic E-state index is 0.0381. The van der Waals surface area contributed by atoms with Gasteiger partial charge in [-0.25, -0.2) is 0 Å². The molecule has 0 aromatic heterocycles. The molecule has 1 aliphatic heterocycles. The van der Waals surface area contributed by atoms with E-state index in [-0.39, 0.29) is 18.2 Å². The largest absolute Gasteiger partial charge is 0.357 e. The zero-order valence-electron chi connectivity index (χ0n) is 16.4. The maximum atomic E-state index is 12.6. The van der Waals surface area contributed by atoms with Gasteiger partial charge in [-0.3, -0.25) is 9.69 Å². The third-order valence-corrected chi connectivity index (χ3v) is 5.26. The predicted octanol–water partition coefficient (Wildman–Crippen LogP) is 4.29. The summed E-state index contributed by atoms with van der Waals surface area (Å²) in [5.41, 5.74) is 3.44. The second-order valence-electron chi connectivity index (χ2n) is 7.37. The lowest BCUT2D eigenvalue weighted by Gasteiger charge is -2.28. The number of nitrogens with one attached hydrogen (secondary N) is 1. The zero-order chi connectivity index (χ0) is 19.9. The number of hydrogen-bond acceptors (Lipinski definition) is 3. The van der Waals surface area contributed by atoms with E-state index in [2.05, 4.69) is 34.5 Å². The van der Waals surface area contributed by atoms with Crippen molar-refractivity contribution in [1.82, 2.24) is 10.2 Å². The third kappa shape index (κ3) is 5.11. The molecule has 1 aliphatic rings. The summed E-state index contributed by atoms with van der Waals surface area (Å²) in [7, 11) is 0. The molecule has 0 aliphatic carbocycles. The lowest BCUT2D eigenvalue weighted by atomic mass is 10.1. The van der Waals surface area contributed by atoms with Gasteiger partial charge in [0.1, 0.15) is 6.23 Å². The van der Waals surface area contributed by atoms with Gasteiger partial charge in [0, 0.05) is 25.6 Å². The van der Waals surface area contributed by atoms with Gasteiger partial charge in [0.25, 0.3) is 0 Å². The first-order chi connectivity index (χ1) is 14.3. The summed E-state index contributed by atoms with van der Waals surface area (Å²) < 4.78 is 6.15. The van der Waals surface area contributed by atoms with Crippen molar-refractivity contribution in [2.24, 2.45) is 0 Å². The molecule has 0 radical (unpaired) electrons. The van der Waals surface area contributed by atoms with Crippen LogP contribution in [0.3, 0.4) is 0 Å². The average molecular weight is 386 g/mol. The number of nitrogens with zero attached hydrogens (tertiary/aromatic N) is 1. The Bertz CT molecular complexity index is 900. The number of ether oxygens (including phenoxy) is 1. The predicted molar refractivity (Wildman–Crippen MR) is 114 cm³/mol. The fourth-order valence-corrected chi connectivity index (χ4v) is 3.76. The molecular weight excluding hydrogens is 360 g/mol. The van der Waals surface area contributed by atoms with E-state index >= 15 is 0 Å². The summed E-state index contributed by atoms with van der Waals surface area (Å²) in [5.74, 6) is 0.0502. The molecule has 0 saturated carbocycles. The molecule has 29 heavy (non-hydrogen) atoms. The number of hydrogen-bond donors (Lipinski definition) is 1. The molecule has 0 bridgehead atoms. The number of benzene rings is 3. The van der Waals surface area contributed by atoms with Gasteiger partial charge in [0.15, 0.2) is 0 Å². The quantitative estimate of drug-likeness (QED) is 0.659. The first kappa shape index (κ1) is 19.4. The molecule has 0 unspecified atom stereocenters. The van der Waals surface area contributed by atoms with Gasteiger partial charge in [-0.05, 0) is 16.7 Å². The molecule has 3 aromatic carbocycles. The van der Waals surface area contributed by atoms with Crippen molar-refractivity contribution < 1.29 is 9.53 Å². The SMILES string of the molecule is O=C(C[C@@H]1CO[C@H](c2ccccc2)N1Cc1ccccc1)NCc1ccccc1. The molecule has 2 atom stereocenters. The van der Waals surface area contributed by atoms with Crippen molar-refractivity contribution in [2.45, 2.75) is 31.8 Å². The molecule has 4 nitrogen and oxygen atoms in total. The van der Waals surface area contributed by atoms with Crippen LogP contribution in [0.5, 0.6) is 0 Å². The van der Waals surface area contributed by atoms with E-state index in [1.54, 1.807) is 0 Å². The number of amides is 1. The Kier molecular flexibility index (Phi) is 6.35. The molecule has 1 amide bonds. The minimum atomic E-state index is -0.136. The summed E-state index contributed by atoms with van der Waals surface area (Å²) in [6.07, 6.45) is 0.284. The van der Waals surface area contributed by atoms with Crippen LogP contribution in [0.1, 0.15) is 29.3 Å². The Morgan fingerprint density at radius 1 is 0.862 bits per heavy atom. The van der Waals surface area contributed by atoms with Gasteiger partial charge in [-0.1, -0.05) is 91.0 Å². The molecule has 4 rings (SSSR count). The van der Waals surface area contributed by atoms with Crippen molar-refractivity contribution in [3.63, 3.8) is 0 Å². The van der Waals surface area contributed by atoms with Crippen molar-refractivity contribution in [1.29, 1.82) is 0 Å². The maximum absolute atomic E-state index is 12.6. The monoisotopic (exact) mass is 386 g/mol. The average Bonchev–Trinajstić information content (AvgIpc) is 3.16. The van der Waals surface area contributed by atoms with E-state index in [1.807, 2.05) is 66.7 Å². The molecule has 1 heterocycles. The van der Waals surface area contributed by atoms with E-state index in [0.717, 1.165) is 17.7 Å². The van der Waals surface area contributed by atoms with Crippen LogP contribution in [0.2, 0.25) is 0 Å². The standard InChI is InChI=1S/C25H26N2O2/c28-24(26-17-20-10-4-1-5-11-20)16-23-19-29-25(22-14-8-3-9-15-22)27(23)18-21-12-6-2-7-13-21/h1-15,23,25H,16-19H2,(H,26,28)/t23-,25-/m1/s1. The summed E-state index contributed by atoms with van der Waals surface area (Å²) in [6, 6.07) is 30.6. The first-order valence-corrected chi connectivity index (χ1v) is 10.1. The molecular formula is C25H26N2O2. The van der Waals surface area contributed by atoms with Crippen molar-refractivity contribution >= 4 is 5.91 Å². The van der Waals surface area contributed by atoms with Crippen LogP contribution < -0.4 is 5.32 Å². The third-order valence-electron chi connectivity index (χ3n) is 5.26. The van der Waals surface area contributed by atoms with Crippen molar-refractivity contribution in [2.75, 3.05) is 6.61 Å². The summed E-state index contributed by atoms with van der Waals surface area (Å²) in [4.78, 5) is 14.9. The second kappa shape index (κ2) is 9.50. The summed E-state index contributed by atoms with van der Waals surface area (Å²) >= 11 is 0. The van der Waals surface area contributed by atoms with Crippen LogP contribution in [-0.2, 0) is 22.6 Å². The maximum Gasteiger partial charge on any atom is 0.221 e. The summed E-state index contributed by atoms with van der Waals surface area (Å²) in [5, 5.41) is 3.04. The number of carbonyl (C=O) groups is 1. The van der Waals surface area contributed by atoms with Crippen molar-refractivity contribution in [3.8, 4) is 0 Å². The lowest BCUT2D eigenvalue weighted by Crippen LogP contribution is -2.37. The highest BCUT2D eigenvalue weighted by molar-refractivity contribution is 5.76. The van der Waals surface area contributed by atoms with E-state index in [9.17, 15) is 4.79 Å². The smallest absolute Gasteiger partial charge is 0.221 e. The van der Waals surface area contributed by atoms with Gasteiger partial charge in [0.05, 0.1) is 6.61 Å². The molecule has 4 heteroatoms. The molecule has 1 N–H and O–H groups in total. The Balaban J connectivity index is 1.45. The van der Waals surface area contributed by atoms with Crippen LogP contribution in [0.15, 0.2) is 91.0 Å². The molecule has 3 aromatic rings. The lowest BCUT2D eigenvalue weighted by molar-refractivity contribution is -0.122. The Labute approximate surface area is 172 Å². The Morgan fingerprint density at radius 3 is 2.10 bits per heavy atom. The van der Waals surface area contributed by atoms with Gasteiger partial charge in [-0.2, -0.15) is 0 Å². The second-order valence-corrected chi connectivity index (χ2v) is 7.37. The van der Waals surface area contributed by atoms with Crippen LogP contribution in [0.25, 0.3) is 0 Å². The van der Waals surface area contributed by atoms with Crippen LogP contribution in [-0.4, -0.2) is 23.5 Å². The molecule has 1 saturated heterocycles. The van der Waals surface area contributed by atoms with E-state index in [1.165, 1.54) is 5.56 Å². The Hall–Kier alpha value is -2.95. The highest BCUT2D eigenvalue weighted by Crippen LogP contribution is 2.33. The fourth-order valence-electron chi connectivity index (χ4n) is 3.76. The molecule has 148 valence electrons. The number of rotatable bonds is 7. The normalized spacial score (nSPS) is 19.2. The number of carbonyl (C=O) groups excluding carboxylic acids is 1. The van der Waals surface area contributed by atoms with E-state index in [0.29, 0.717) is 19.6 Å². The van der Waals surface area contributed by atoms with E-state index in [4.69, 9.17) is 4.74 Å². The summed E-state index contributed by atoms with van der Waals surface area (Å²) in [6.45, 7) is 1.84. The highest BCUT2D eigenvalue weighted by atomic mass is 16.5. The van der Waals surface area contributed by atoms with Crippen LogP contribution >= 0.6 is 0 Å². The topological polar surface area (TPSA) is 41.6 Å². The zero-order valence-corrected chi connectivity index (χ0v) is 16.4. The molecule has 0 spiro atoms. The van der Waals surface area contributed by atoms with Crippen molar-refractivity contribution in [3.05, 3.63) is 108 Å². The van der Waals surface area contributed by atoms with Crippen LogP contribution in [0, 0.1) is 0 Å². The van der Waals surface area contributed by atoms with Crippen LogP contribution in [0.4, 0.5) is 0 Å². The highest BCUT2D eigenvalue weighted by Gasteiger charge is 2.36. The first-order valence-electron chi connectivity index (χ1n) is 10.1.